The van der Waals surface area contributed by atoms with E-state index in [4.69, 9.17) is 15.3 Å². The van der Waals surface area contributed by atoms with Crippen LogP contribution in [0.2, 0.25) is 0 Å². The van der Waals surface area contributed by atoms with Crippen LogP contribution in [0.4, 0.5) is 0 Å². The van der Waals surface area contributed by atoms with E-state index in [2.05, 4.69) is 22.7 Å². The van der Waals surface area contributed by atoms with Crippen LogP contribution in [0.25, 0.3) is 0 Å². The van der Waals surface area contributed by atoms with Gasteiger partial charge in [-0.25, -0.2) is 5.84 Å². The zero-order valence-corrected chi connectivity index (χ0v) is 11.4. The van der Waals surface area contributed by atoms with Crippen molar-refractivity contribution in [3.05, 3.63) is 0 Å². The van der Waals surface area contributed by atoms with Crippen molar-refractivity contribution in [1.82, 2.24) is 10.7 Å². The van der Waals surface area contributed by atoms with Gasteiger partial charge in [-0.1, -0.05) is 6.92 Å². The van der Waals surface area contributed by atoms with Crippen molar-refractivity contribution in [3.8, 4) is 0 Å². The minimum absolute atomic E-state index is 0.348. The third-order valence-electron chi connectivity index (χ3n) is 3.19. The topological polar surface area (TPSA) is 80.9 Å². The van der Waals surface area contributed by atoms with Gasteiger partial charge in [0.05, 0.1) is 6.10 Å². The van der Waals surface area contributed by atoms with Crippen LogP contribution in [0.5, 0.6) is 0 Å². The van der Waals surface area contributed by atoms with Gasteiger partial charge < -0.3 is 14.8 Å². The van der Waals surface area contributed by atoms with Gasteiger partial charge in [0.2, 0.25) is 5.96 Å². The number of guanidine groups is 1. The molecule has 106 valence electrons. The van der Waals surface area contributed by atoms with E-state index in [1.165, 1.54) is 0 Å². The molecule has 1 heterocycles. The second kappa shape index (κ2) is 9.13. The molecular formula is C12H26N4O2. The molecule has 2 unspecified atom stereocenters. The molecule has 0 radical (unpaired) electrons. The van der Waals surface area contributed by atoms with Crippen LogP contribution in [0.15, 0.2) is 4.99 Å². The molecule has 18 heavy (non-hydrogen) atoms. The highest BCUT2D eigenvalue weighted by Crippen LogP contribution is 2.23. The maximum atomic E-state index is 5.64. The summed E-state index contributed by atoms with van der Waals surface area (Å²) in [5.74, 6) is 6.59. The van der Waals surface area contributed by atoms with Crippen molar-refractivity contribution >= 4 is 5.96 Å². The highest BCUT2D eigenvalue weighted by atomic mass is 16.5. The lowest BCUT2D eigenvalue weighted by Crippen LogP contribution is -2.42. The van der Waals surface area contributed by atoms with Crippen molar-refractivity contribution < 1.29 is 9.47 Å². The first kappa shape index (κ1) is 15.2. The van der Waals surface area contributed by atoms with Gasteiger partial charge in [-0.3, -0.25) is 10.4 Å². The molecule has 0 aliphatic carbocycles. The van der Waals surface area contributed by atoms with Crippen LogP contribution >= 0.6 is 0 Å². The van der Waals surface area contributed by atoms with E-state index in [1.807, 2.05) is 0 Å². The Kier molecular flexibility index (Phi) is 7.71. The molecule has 4 N–H and O–H groups in total. The van der Waals surface area contributed by atoms with Crippen LogP contribution in [0.3, 0.4) is 0 Å². The molecule has 6 heteroatoms. The lowest BCUT2D eigenvalue weighted by Gasteiger charge is -2.15. The van der Waals surface area contributed by atoms with E-state index >= 15 is 0 Å². The Bertz CT molecular complexity index is 248. The van der Waals surface area contributed by atoms with Crippen LogP contribution < -0.4 is 16.6 Å². The second-order valence-electron chi connectivity index (χ2n) is 4.47. The number of hydrogen-bond donors (Lipinski definition) is 3. The fourth-order valence-corrected chi connectivity index (χ4v) is 2.14. The van der Waals surface area contributed by atoms with Crippen LogP contribution in [0.1, 0.15) is 26.2 Å². The molecule has 0 spiro atoms. The smallest absolute Gasteiger partial charge is 0.205 e. The van der Waals surface area contributed by atoms with Crippen LogP contribution in [-0.2, 0) is 9.47 Å². The Morgan fingerprint density at radius 3 is 3.06 bits per heavy atom. The number of hydrazine groups is 1. The summed E-state index contributed by atoms with van der Waals surface area (Å²) in [5, 5.41) is 3.15. The second-order valence-corrected chi connectivity index (χ2v) is 4.47. The first-order valence-electron chi connectivity index (χ1n) is 6.67. The van der Waals surface area contributed by atoms with Gasteiger partial charge in [0, 0.05) is 39.3 Å². The summed E-state index contributed by atoms with van der Waals surface area (Å²) in [4.78, 5) is 4.47. The lowest BCUT2D eigenvalue weighted by molar-refractivity contribution is 0.0892. The predicted octanol–water partition coefficient (Wildman–Crippen LogP) is 0.247. The van der Waals surface area contributed by atoms with Crippen molar-refractivity contribution in [2.75, 3.05) is 33.4 Å². The van der Waals surface area contributed by atoms with Gasteiger partial charge in [-0.15, -0.1) is 0 Å². The zero-order chi connectivity index (χ0) is 13.2. The molecule has 0 bridgehead atoms. The minimum atomic E-state index is 0.348. The molecule has 1 aliphatic heterocycles. The van der Waals surface area contributed by atoms with E-state index in [9.17, 15) is 0 Å². The number of methoxy groups -OCH3 is 1. The summed E-state index contributed by atoms with van der Waals surface area (Å²) in [6.07, 6.45) is 3.42. The molecule has 0 saturated carbocycles. The fourth-order valence-electron chi connectivity index (χ4n) is 2.14. The summed E-state index contributed by atoms with van der Waals surface area (Å²) < 4.78 is 10.6. The van der Waals surface area contributed by atoms with Crippen molar-refractivity contribution in [1.29, 1.82) is 0 Å². The summed E-state index contributed by atoms with van der Waals surface area (Å²) in [6, 6.07) is 0. The number of nitrogens with zero attached hydrogens (tertiary/aromatic N) is 1. The molecule has 0 aromatic rings. The largest absolute Gasteiger partial charge is 0.385 e. The number of nitrogens with one attached hydrogen (secondary N) is 2. The van der Waals surface area contributed by atoms with Gasteiger partial charge in [0.1, 0.15) is 0 Å². The third-order valence-corrected chi connectivity index (χ3v) is 3.19. The maximum Gasteiger partial charge on any atom is 0.205 e. The minimum Gasteiger partial charge on any atom is -0.385 e. The predicted molar refractivity (Wildman–Crippen MR) is 72.3 cm³/mol. The Morgan fingerprint density at radius 2 is 2.39 bits per heavy atom. The highest BCUT2D eigenvalue weighted by molar-refractivity contribution is 5.79. The quantitative estimate of drug-likeness (QED) is 0.200. The third kappa shape index (κ3) is 5.20. The number of ether oxygens (including phenoxy) is 2. The van der Waals surface area contributed by atoms with Crippen molar-refractivity contribution in [2.24, 2.45) is 16.8 Å². The molecule has 1 aliphatic rings. The average molecular weight is 258 g/mol. The molecule has 0 aromatic heterocycles. The zero-order valence-electron chi connectivity index (χ0n) is 11.4. The fraction of sp³-hybridized carbons (Fsp3) is 0.917. The van der Waals surface area contributed by atoms with Crippen molar-refractivity contribution in [3.63, 3.8) is 0 Å². The van der Waals surface area contributed by atoms with E-state index in [0.29, 0.717) is 18.0 Å². The number of hydrogen-bond acceptors (Lipinski definition) is 4. The van der Waals surface area contributed by atoms with Crippen molar-refractivity contribution in [2.45, 2.75) is 32.3 Å². The first-order valence-corrected chi connectivity index (χ1v) is 6.67. The molecule has 0 amide bonds. The Morgan fingerprint density at radius 1 is 1.56 bits per heavy atom. The Labute approximate surface area is 109 Å². The molecule has 1 rings (SSSR count). The highest BCUT2D eigenvalue weighted by Gasteiger charge is 2.26. The number of rotatable bonds is 7. The molecule has 1 saturated heterocycles. The summed E-state index contributed by atoms with van der Waals surface area (Å²) in [6.45, 7) is 5.30. The number of nitrogens with two attached hydrogens (primary N) is 1. The van der Waals surface area contributed by atoms with Crippen LogP contribution in [-0.4, -0.2) is 45.5 Å². The van der Waals surface area contributed by atoms with Crippen LogP contribution in [0, 0.1) is 5.92 Å². The van der Waals surface area contributed by atoms with Gasteiger partial charge >= 0.3 is 0 Å². The molecule has 0 aromatic carbocycles. The van der Waals surface area contributed by atoms with Gasteiger partial charge in [0.25, 0.3) is 0 Å². The van der Waals surface area contributed by atoms with E-state index in [-0.39, 0.29) is 0 Å². The molecular weight excluding hydrogens is 232 g/mol. The van der Waals surface area contributed by atoms with Gasteiger partial charge in [0.15, 0.2) is 0 Å². The Hall–Kier alpha value is -0.850. The van der Waals surface area contributed by atoms with Gasteiger partial charge in [-0.05, 0) is 19.3 Å². The molecule has 2 atom stereocenters. The maximum absolute atomic E-state index is 5.64. The van der Waals surface area contributed by atoms with E-state index < -0.39 is 0 Å². The lowest BCUT2D eigenvalue weighted by atomic mass is 10.0. The first-order chi connectivity index (χ1) is 8.81. The normalized spacial score (nSPS) is 24.3. The van der Waals surface area contributed by atoms with E-state index in [1.54, 1.807) is 7.11 Å². The van der Waals surface area contributed by atoms with Gasteiger partial charge in [-0.2, -0.15) is 0 Å². The number of aliphatic imine (C=N–C) groups is 1. The SMILES string of the molecule is CCC1OCCC1CN=C(NN)NCCCOC. The molecule has 1 fully saturated rings. The molecule has 6 nitrogen and oxygen atoms in total. The van der Waals surface area contributed by atoms with E-state index in [0.717, 1.165) is 45.6 Å². The summed E-state index contributed by atoms with van der Waals surface area (Å²) in [7, 11) is 1.70. The summed E-state index contributed by atoms with van der Waals surface area (Å²) in [5.41, 5.74) is 2.59. The Balaban J connectivity index is 2.28. The standard InChI is InChI=1S/C12H26N4O2/c1-3-11-10(5-8-18-11)9-15-12(16-13)14-6-4-7-17-2/h10-11H,3-9,13H2,1-2H3,(H2,14,15,16). The monoisotopic (exact) mass is 258 g/mol. The summed E-state index contributed by atoms with van der Waals surface area (Å²) >= 11 is 0. The average Bonchev–Trinajstić information content (AvgIpc) is 2.85.